The SMILES string of the molecule is COC(=O)[C@H](Cc1ccc(C(F)(F)F)cc1)NC(=O)c1cccc([N+](=O)[O-])c1. The average Bonchev–Trinajstić information content (AvgIpc) is 2.66. The second-order valence-corrected chi connectivity index (χ2v) is 5.76. The van der Waals surface area contributed by atoms with E-state index in [2.05, 4.69) is 10.1 Å². The predicted molar refractivity (Wildman–Crippen MR) is 91.5 cm³/mol. The molecule has 0 aromatic heterocycles. The maximum Gasteiger partial charge on any atom is 0.416 e. The maximum absolute atomic E-state index is 12.6. The number of ether oxygens (including phenoxy) is 1. The molecular formula is C18H15F3N2O5. The molecule has 0 aliphatic heterocycles. The number of benzene rings is 2. The summed E-state index contributed by atoms with van der Waals surface area (Å²) < 4.78 is 42.5. The number of carbonyl (C=O) groups is 2. The molecular weight excluding hydrogens is 381 g/mol. The quantitative estimate of drug-likeness (QED) is 0.460. The number of hydrogen-bond acceptors (Lipinski definition) is 5. The molecule has 2 aromatic carbocycles. The van der Waals surface area contributed by atoms with Gasteiger partial charge >= 0.3 is 12.1 Å². The number of alkyl halides is 3. The van der Waals surface area contributed by atoms with Gasteiger partial charge < -0.3 is 10.1 Å². The van der Waals surface area contributed by atoms with Crippen LogP contribution in [0.25, 0.3) is 0 Å². The lowest BCUT2D eigenvalue weighted by molar-refractivity contribution is -0.384. The van der Waals surface area contributed by atoms with Crippen LogP contribution in [0.5, 0.6) is 0 Å². The summed E-state index contributed by atoms with van der Waals surface area (Å²) in [5.74, 6) is -1.57. The average molecular weight is 396 g/mol. The van der Waals surface area contributed by atoms with E-state index in [0.29, 0.717) is 5.56 Å². The summed E-state index contributed by atoms with van der Waals surface area (Å²) in [6, 6.07) is 7.83. The summed E-state index contributed by atoms with van der Waals surface area (Å²) in [5.41, 5.74) is -0.824. The molecule has 1 amide bonds. The molecule has 28 heavy (non-hydrogen) atoms. The summed E-state index contributed by atoms with van der Waals surface area (Å²) in [6.07, 6.45) is -4.61. The topological polar surface area (TPSA) is 98.5 Å². The minimum absolute atomic E-state index is 0.0458. The van der Waals surface area contributed by atoms with Gasteiger partial charge in [0, 0.05) is 24.1 Å². The minimum atomic E-state index is -4.49. The van der Waals surface area contributed by atoms with Crippen LogP contribution in [0.4, 0.5) is 18.9 Å². The van der Waals surface area contributed by atoms with Gasteiger partial charge in [0.05, 0.1) is 17.6 Å². The first-order valence-corrected chi connectivity index (χ1v) is 7.91. The Hall–Kier alpha value is -3.43. The molecule has 0 spiro atoms. The molecule has 0 aliphatic rings. The fraction of sp³-hybridized carbons (Fsp3) is 0.222. The van der Waals surface area contributed by atoms with Crippen LogP contribution in [-0.4, -0.2) is 30.0 Å². The highest BCUT2D eigenvalue weighted by molar-refractivity contribution is 5.97. The van der Waals surface area contributed by atoms with Crippen molar-refractivity contribution in [1.82, 2.24) is 5.32 Å². The van der Waals surface area contributed by atoms with Gasteiger partial charge in [-0.05, 0) is 23.8 Å². The predicted octanol–water partition coefficient (Wildman–Crippen LogP) is 3.13. The first-order chi connectivity index (χ1) is 13.1. The van der Waals surface area contributed by atoms with Gasteiger partial charge in [-0.15, -0.1) is 0 Å². The van der Waals surface area contributed by atoms with Crippen molar-refractivity contribution >= 4 is 17.6 Å². The van der Waals surface area contributed by atoms with Gasteiger partial charge in [0.1, 0.15) is 6.04 Å². The summed E-state index contributed by atoms with van der Waals surface area (Å²) in [7, 11) is 1.10. The smallest absolute Gasteiger partial charge is 0.416 e. The Balaban J connectivity index is 2.18. The van der Waals surface area contributed by atoms with Crippen LogP contribution in [0.2, 0.25) is 0 Å². The molecule has 2 aromatic rings. The van der Waals surface area contributed by atoms with E-state index in [1.54, 1.807) is 0 Å². The number of methoxy groups -OCH3 is 1. The molecule has 2 rings (SSSR count). The highest BCUT2D eigenvalue weighted by atomic mass is 19.4. The van der Waals surface area contributed by atoms with Crippen LogP contribution in [0, 0.1) is 10.1 Å². The standard InChI is InChI=1S/C18H15F3N2O5/c1-28-17(25)15(9-11-5-7-13(8-6-11)18(19,20)21)22-16(24)12-3-2-4-14(10-12)23(26)27/h2-8,10,15H,9H2,1H3,(H,22,24)/t15-/m0/s1. The van der Waals surface area contributed by atoms with Crippen LogP contribution in [0.1, 0.15) is 21.5 Å². The van der Waals surface area contributed by atoms with E-state index >= 15 is 0 Å². The summed E-state index contributed by atoms with van der Waals surface area (Å²) >= 11 is 0. The number of nitro groups is 1. The van der Waals surface area contributed by atoms with E-state index < -0.39 is 34.6 Å². The zero-order valence-corrected chi connectivity index (χ0v) is 14.5. The minimum Gasteiger partial charge on any atom is -0.467 e. The van der Waals surface area contributed by atoms with Gasteiger partial charge in [0.25, 0.3) is 11.6 Å². The van der Waals surface area contributed by atoms with Crippen LogP contribution >= 0.6 is 0 Å². The van der Waals surface area contributed by atoms with Crippen molar-refractivity contribution in [2.45, 2.75) is 18.6 Å². The Labute approximate surface area is 157 Å². The largest absolute Gasteiger partial charge is 0.467 e. The van der Waals surface area contributed by atoms with Gasteiger partial charge in [0.15, 0.2) is 0 Å². The van der Waals surface area contributed by atoms with E-state index in [0.717, 1.165) is 25.3 Å². The van der Waals surface area contributed by atoms with Crippen LogP contribution in [-0.2, 0) is 22.1 Å². The lowest BCUT2D eigenvalue weighted by Crippen LogP contribution is -2.43. The van der Waals surface area contributed by atoms with Crippen molar-refractivity contribution < 1.29 is 32.4 Å². The van der Waals surface area contributed by atoms with Gasteiger partial charge in [0.2, 0.25) is 0 Å². The Bertz CT molecular complexity index is 882. The number of esters is 1. The van der Waals surface area contributed by atoms with Crippen molar-refractivity contribution in [3.63, 3.8) is 0 Å². The Morgan fingerprint density at radius 1 is 1.18 bits per heavy atom. The third-order valence-electron chi connectivity index (χ3n) is 3.83. The number of amides is 1. The third kappa shape index (κ3) is 5.29. The first kappa shape index (κ1) is 20.9. The lowest BCUT2D eigenvalue weighted by Gasteiger charge is -2.17. The Kier molecular flexibility index (Phi) is 6.34. The highest BCUT2D eigenvalue weighted by Crippen LogP contribution is 2.29. The van der Waals surface area contributed by atoms with Crippen LogP contribution in [0.15, 0.2) is 48.5 Å². The van der Waals surface area contributed by atoms with Crippen LogP contribution in [0.3, 0.4) is 0 Å². The molecule has 0 saturated carbocycles. The van der Waals surface area contributed by atoms with Crippen molar-refractivity contribution in [2.24, 2.45) is 0 Å². The first-order valence-electron chi connectivity index (χ1n) is 7.91. The molecule has 1 atom stereocenters. The maximum atomic E-state index is 12.6. The van der Waals surface area contributed by atoms with Crippen molar-refractivity contribution in [2.75, 3.05) is 7.11 Å². The number of rotatable bonds is 6. The van der Waals surface area contributed by atoms with Gasteiger partial charge in [-0.1, -0.05) is 18.2 Å². The second kappa shape index (κ2) is 8.51. The van der Waals surface area contributed by atoms with Crippen molar-refractivity contribution in [3.05, 3.63) is 75.3 Å². The second-order valence-electron chi connectivity index (χ2n) is 5.76. The number of halogens is 3. The van der Waals surface area contributed by atoms with E-state index in [1.807, 2.05) is 0 Å². The molecule has 148 valence electrons. The molecule has 7 nitrogen and oxygen atoms in total. The monoisotopic (exact) mass is 396 g/mol. The van der Waals surface area contributed by atoms with Crippen LogP contribution < -0.4 is 5.32 Å². The molecule has 0 saturated heterocycles. The number of nitro benzene ring substituents is 1. The van der Waals surface area contributed by atoms with E-state index in [1.165, 1.54) is 30.3 Å². The molecule has 0 heterocycles. The fourth-order valence-corrected chi connectivity index (χ4v) is 2.40. The summed E-state index contributed by atoms with van der Waals surface area (Å²) in [4.78, 5) is 34.4. The lowest BCUT2D eigenvalue weighted by atomic mass is 10.0. The van der Waals surface area contributed by atoms with Crippen molar-refractivity contribution in [1.29, 1.82) is 0 Å². The number of nitrogens with one attached hydrogen (secondary N) is 1. The zero-order chi connectivity index (χ0) is 20.9. The summed E-state index contributed by atoms with van der Waals surface area (Å²) in [6.45, 7) is 0. The third-order valence-corrected chi connectivity index (χ3v) is 3.83. The number of non-ortho nitro benzene ring substituents is 1. The molecule has 0 radical (unpaired) electrons. The molecule has 0 unspecified atom stereocenters. The zero-order valence-electron chi connectivity index (χ0n) is 14.5. The molecule has 0 fully saturated rings. The number of carbonyl (C=O) groups excluding carboxylic acids is 2. The number of hydrogen-bond donors (Lipinski definition) is 1. The van der Waals surface area contributed by atoms with Gasteiger partial charge in [-0.2, -0.15) is 13.2 Å². The molecule has 10 heteroatoms. The molecule has 0 bridgehead atoms. The molecule has 0 aliphatic carbocycles. The van der Waals surface area contributed by atoms with Gasteiger partial charge in [-0.3, -0.25) is 14.9 Å². The Morgan fingerprint density at radius 2 is 1.82 bits per heavy atom. The molecule has 1 N–H and O–H groups in total. The fourth-order valence-electron chi connectivity index (χ4n) is 2.40. The van der Waals surface area contributed by atoms with E-state index in [-0.39, 0.29) is 17.7 Å². The normalized spacial score (nSPS) is 12.1. The Morgan fingerprint density at radius 3 is 2.36 bits per heavy atom. The van der Waals surface area contributed by atoms with E-state index in [4.69, 9.17) is 0 Å². The number of nitrogens with zero attached hydrogens (tertiary/aromatic N) is 1. The van der Waals surface area contributed by atoms with Crippen molar-refractivity contribution in [3.8, 4) is 0 Å². The van der Waals surface area contributed by atoms with Gasteiger partial charge in [-0.25, -0.2) is 4.79 Å². The van der Waals surface area contributed by atoms with E-state index in [9.17, 15) is 32.9 Å². The highest BCUT2D eigenvalue weighted by Gasteiger charge is 2.30. The summed E-state index contributed by atoms with van der Waals surface area (Å²) in [5, 5.41) is 13.2.